The number of aliphatic hydroxyl groups is 1. The number of hydrogen-bond donors (Lipinski definition) is 2. The van der Waals surface area contributed by atoms with Gasteiger partial charge in [-0.2, -0.15) is 0 Å². The smallest absolute Gasteiger partial charge is 0.0512 e. The van der Waals surface area contributed by atoms with Crippen LogP contribution in [0.15, 0.2) is 24.3 Å². The Hall–Kier alpha value is -1.30. The average molecular weight is 175 g/mol. The Balaban J connectivity index is 3.05. The molecule has 0 saturated carbocycles. The van der Waals surface area contributed by atoms with Crippen LogP contribution >= 0.6 is 0 Å². The number of hydrogen-bond acceptors (Lipinski definition) is 2. The molecule has 0 fully saturated rings. The molecule has 3 N–H and O–H groups in total. The molecule has 2 nitrogen and oxygen atoms in total. The first-order valence-electron chi connectivity index (χ1n) is 4.20. The lowest BCUT2D eigenvalue weighted by atomic mass is 9.95. The monoisotopic (exact) mass is 175 g/mol. The van der Waals surface area contributed by atoms with Crippen molar-refractivity contribution in [2.75, 3.05) is 13.2 Å². The van der Waals surface area contributed by atoms with Crippen molar-refractivity contribution < 1.29 is 5.11 Å². The van der Waals surface area contributed by atoms with E-state index in [4.69, 9.17) is 17.3 Å². The fraction of sp³-hybridized carbons (Fsp3) is 0.273. The molecule has 0 aliphatic heterocycles. The minimum absolute atomic E-state index is 0.0369. The van der Waals surface area contributed by atoms with E-state index in [0.717, 1.165) is 11.1 Å². The molecule has 1 atom stereocenters. The van der Waals surface area contributed by atoms with Gasteiger partial charge in [0.25, 0.3) is 0 Å². The van der Waals surface area contributed by atoms with Gasteiger partial charge in [-0.15, -0.1) is 6.42 Å². The summed E-state index contributed by atoms with van der Waals surface area (Å²) in [6.07, 6.45) is 5.33. The second-order valence-electron chi connectivity index (χ2n) is 2.85. The van der Waals surface area contributed by atoms with Crippen molar-refractivity contribution in [3.8, 4) is 12.3 Å². The summed E-state index contributed by atoms with van der Waals surface area (Å²) in [5.41, 5.74) is 7.28. The first-order chi connectivity index (χ1) is 6.33. The van der Waals surface area contributed by atoms with E-state index in [1.165, 1.54) is 0 Å². The summed E-state index contributed by atoms with van der Waals surface area (Å²) in [6.45, 7) is 0.449. The van der Waals surface area contributed by atoms with E-state index in [1.807, 2.05) is 24.3 Å². The average Bonchev–Trinajstić information content (AvgIpc) is 2.20. The molecule has 0 aliphatic carbocycles. The number of nitrogens with two attached hydrogens (primary N) is 1. The van der Waals surface area contributed by atoms with E-state index in [2.05, 4.69) is 5.92 Å². The number of rotatable bonds is 3. The molecule has 0 aliphatic rings. The number of terminal acetylenes is 1. The van der Waals surface area contributed by atoms with Crippen LogP contribution in [-0.4, -0.2) is 18.3 Å². The minimum Gasteiger partial charge on any atom is -0.396 e. The summed E-state index contributed by atoms with van der Waals surface area (Å²) >= 11 is 0. The Morgan fingerprint density at radius 3 is 2.69 bits per heavy atom. The van der Waals surface area contributed by atoms with E-state index in [1.54, 1.807) is 0 Å². The van der Waals surface area contributed by atoms with Gasteiger partial charge >= 0.3 is 0 Å². The molecule has 0 bridgehead atoms. The molecule has 0 spiro atoms. The van der Waals surface area contributed by atoms with Gasteiger partial charge < -0.3 is 10.8 Å². The molecule has 68 valence electrons. The third-order valence-electron chi connectivity index (χ3n) is 2.06. The van der Waals surface area contributed by atoms with Crippen molar-refractivity contribution in [2.45, 2.75) is 5.92 Å². The van der Waals surface area contributed by atoms with Crippen LogP contribution in [0.2, 0.25) is 0 Å². The molecule has 13 heavy (non-hydrogen) atoms. The summed E-state index contributed by atoms with van der Waals surface area (Å²) in [7, 11) is 0. The molecular formula is C11H13NO. The van der Waals surface area contributed by atoms with Crippen molar-refractivity contribution in [1.29, 1.82) is 0 Å². The van der Waals surface area contributed by atoms with Gasteiger partial charge in [-0.1, -0.05) is 24.1 Å². The highest BCUT2D eigenvalue weighted by atomic mass is 16.3. The number of aliphatic hydroxyl groups excluding tert-OH is 1. The highest BCUT2D eigenvalue weighted by Gasteiger charge is 2.10. The van der Waals surface area contributed by atoms with Gasteiger partial charge in [-0.05, 0) is 11.6 Å². The highest BCUT2D eigenvalue weighted by molar-refractivity contribution is 5.41. The van der Waals surface area contributed by atoms with E-state index >= 15 is 0 Å². The SMILES string of the molecule is C#Cc1ccccc1C(CN)CO. The molecule has 2 heteroatoms. The third kappa shape index (κ3) is 2.09. The molecule has 1 unspecified atom stereocenters. The van der Waals surface area contributed by atoms with E-state index < -0.39 is 0 Å². The zero-order valence-corrected chi connectivity index (χ0v) is 7.40. The molecule has 1 aromatic rings. The molecule has 0 amide bonds. The predicted octanol–water partition coefficient (Wildman–Crippen LogP) is 0.703. The zero-order chi connectivity index (χ0) is 9.68. The van der Waals surface area contributed by atoms with Gasteiger partial charge in [0.05, 0.1) is 6.61 Å². The Morgan fingerprint density at radius 1 is 1.46 bits per heavy atom. The summed E-state index contributed by atoms with van der Waals surface area (Å²) in [4.78, 5) is 0. The molecule has 1 rings (SSSR count). The molecule has 0 aromatic heterocycles. The second kappa shape index (κ2) is 4.66. The Bertz CT molecular complexity index is 310. The topological polar surface area (TPSA) is 46.2 Å². The maximum Gasteiger partial charge on any atom is 0.0512 e. The lowest BCUT2D eigenvalue weighted by molar-refractivity contribution is 0.267. The molecule has 0 saturated heterocycles. The van der Waals surface area contributed by atoms with Gasteiger partial charge in [0.2, 0.25) is 0 Å². The van der Waals surface area contributed by atoms with E-state index in [-0.39, 0.29) is 12.5 Å². The van der Waals surface area contributed by atoms with Gasteiger partial charge in [0.1, 0.15) is 0 Å². The van der Waals surface area contributed by atoms with E-state index in [0.29, 0.717) is 6.54 Å². The minimum atomic E-state index is -0.0488. The van der Waals surface area contributed by atoms with Crippen LogP contribution in [-0.2, 0) is 0 Å². The van der Waals surface area contributed by atoms with Crippen molar-refractivity contribution in [1.82, 2.24) is 0 Å². The Kier molecular flexibility index (Phi) is 3.51. The van der Waals surface area contributed by atoms with Gasteiger partial charge in [-0.3, -0.25) is 0 Å². The highest BCUT2D eigenvalue weighted by Crippen LogP contribution is 2.17. The Morgan fingerprint density at radius 2 is 2.15 bits per heavy atom. The van der Waals surface area contributed by atoms with Gasteiger partial charge in [0.15, 0.2) is 0 Å². The second-order valence-corrected chi connectivity index (χ2v) is 2.85. The first-order valence-corrected chi connectivity index (χ1v) is 4.20. The third-order valence-corrected chi connectivity index (χ3v) is 2.06. The van der Waals surface area contributed by atoms with Crippen LogP contribution in [0.25, 0.3) is 0 Å². The van der Waals surface area contributed by atoms with Crippen LogP contribution in [0.1, 0.15) is 17.0 Å². The summed E-state index contributed by atoms with van der Waals surface area (Å²) in [5.74, 6) is 2.53. The summed E-state index contributed by atoms with van der Waals surface area (Å²) in [6, 6.07) is 7.54. The zero-order valence-electron chi connectivity index (χ0n) is 7.40. The fourth-order valence-electron chi connectivity index (χ4n) is 1.28. The first kappa shape index (κ1) is 9.79. The summed E-state index contributed by atoms with van der Waals surface area (Å²) in [5, 5.41) is 9.05. The maximum absolute atomic E-state index is 9.05. The van der Waals surface area contributed by atoms with Crippen molar-refractivity contribution in [3.05, 3.63) is 35.4 Å². The van der Waals surface area contributed by atoms with Gasteiger partial charge in [-0.25, -0.2) is 0 Å². The fourth-order valence-corrected chi connectivity index (χ4v) is 1.28. The largest absolute Gasteiger partial charge is 0.396 e. The van der Waals surface area contributed by atoms with Gasteiger partial charge in [0, 0.05) is 18.0 Å². The van der Waals surface area contributed by atoms with Crippen LogP contribution in [0.4, 0.5) is 0 Å². The quantitative estimate of drug-likeness (QED) is 0.664. The number of benzene rings is 1. The maximum atomic E-state index is 9.05. The standard InChI is InChI=1S/C11H13NO/c1-2-9-5-3-4-6-11(9)10(7-12)8-13/h1,3-6,10,13H,7-8,12H2. The van der Waals surface area contributed by atoms with Crippen molar-refractivity contribution in [2.24, 2.45) is 5.73 Å². The van der Waals surface area contributed by atoms with Crippen molar-refractivity contribution >= 4 is 0 Å². The van der Waals surface area contributed by atoms with Crippen LogP contribution in [0.3, 0.4) is 0 Å². The summed E-state index contributed by atoms with van der Waals surface area (Å²) < 4.78 is 0. The Labute approximate surface area is 78.4 Å². The molecular weight excluding hydrogens is 162 g/mol. The van der Waals surface area contributed by atoms with Crippen LogP contribution in [0.5, 0.6) is 0 Å². The lowest BCUT2D eigenvalue weighted by Crippen LogP contribution is -2.17. The van der Waals surface area contributed by atoms with E-state index in [9.17, 15) is 0 Å². The normalized spacial score (nSPS) is 12.1. The molecule has 0 heterocycles. The van der Waals surface area contributed by atoms with Crippen LogP contribution in [0, 0.1) is 12.3 Å². The molecule has 1 aromatic carbocycles. The van der Waals surface area contributed by atoms with Crippen LogP contribution < -0.4 is 5.73 Å². The predicted molar refractivity (Wildman–Crippen MR) is 53.3 cm³/mol. The van der Waals surface area contributed by atoms with Crippen molar-refractivity contribution in [3.63, 3.8) is 0 Å². The molecule has 0 radical (unpaired) electrons. The lowest BCUT2D eigenvalue weighted by Gasteiger charge is -2.13.